The quantitative estimate of drug-likeness (QED) is 0.0195. The minimum Gasteiger partial charge on any atom is -0.454 e. The fourth-order valence-corrected chi connectivity index (χ4v) is 9.62. The number of amides is 1. The maximum absolute atomic E-state index is 13.4. The Labute approximate surface area is 447 Å². The van der Waals surface area contributed by atoms with E-state index in [2.05, 4.69) is 50.4 Å². The molecule has 0 aromatic rings. The maximum Gasteiger partial charge on any atom is 0.306 e. The molecule has 0 spiro atoms. The smallest absolute Gasteiger partial charge is 0.306 e. The highest BCUT2D eigenvalue weighted by Gasteiger charge is 2.47. The van der Waals surface area contributed by atoms with E-state index in [1.54, 1.807) is 6.08 Å². The van der Waals surface area contributed by atoms with E-state index < -0.39 is 67.4 Å². The number of aliphatic hydroxyl groups is 5. The van der Waals surface area contributed by atoms with Gasteiger partial charge < -0.3 is 45.1 Å². The van der Waals surface area contributed by atoms with E-state index >= 15 is 0 Å². The average Bonchev–Trinajstić information content (AvgIpc) is 3.39. The van der Waals surface area contributed by atoms with Crippen LogP contribution in [0.1, 0.15) is 284 Å². The van der Waals surface area contributed by atoms with Gasteiger partial charge in [-0.15, -0.1) is 0 Å². The highest BCUT2D eigenvalue weighted by Crippen LogP contribution is 2.26. The molecule has 0 radical (unpaired) electrons. The van der Waals surface area contributed by atoms with Gasteiger partial charge in [0.25, 0.3) is 0 Å². The van der Waals surface area contributed by atoms with Crippen LogP contribution >= 0.6 is 0 Å². The number of hydrogen-bond donors (Lipinski definition) is 6. The molecule has 0 bridgehead atoms. The Morgan fingerprint density at radius 1 is 0.534 bits per heavy atom. The lowest BCUT2D eigenvalue weighted by Crippen LogP contribution is -2.61. The highest BCUT2D eigenvalue weighted by molar-refractivity contribution is 5.80. The summed E-state index contributed by atoms with van der Waals surface area (Å²) in [5.74, 6) is -1.19. The van der Waals surface area contributed by atoms with Gasteiger partial charge in [0.05, 0.1) is 25.4 Å². The van der Waals surface area contributed by atoms with Crippen molar-refractivity contribution in [3.05, 3.63) is 36.5 Å². The predicted molar refractivity (Wildman–Crippen MR) is 301 cm³/mol. The summed E-state index contributed by atoms with van der Waals surface area (Å²) in [6.07, 6.45) is 49.1. The van der Waals surface area contributed by atoms with Gasteiger partial charge in [-0.05, 0) is 57.8 Å². The molecule has 1 saturated heterocycles. The first-order valence-electron chi connectivity index (χ1n) is 30.8. The maximum atomic E-state index is 13.4. The van der Waals surface area contributed by atoms with Crippen molar-refractivity contribution < 1.29 is 49.3 Å². The molecule has 0 saturated carbocycles. The van der Waals surface area contributed by atoms with Gasteiger partial charge in [-0.1, -0.05) is 256 Å². The van der Waals surface area contributed by atoms with Crippen molar-refractivity contribution >= 4 is 11.9 Å². The molecule has 0 aromatic heterocycles. The fourth-order valence-electron chi connectivity index (χ4n) is 9.62. The number of ether oxygens (including phenoxy) is 3. The van der Waals surface area contributed by atoms with Gasteiger partial charge in [0.1, 0.15) is 24.4 Å². The van der Waals surface area contributed by atoms with E-state index in [0.717, 1.165) is 64.2 Å². The Kier molecular flexibility index (Phi) is 47.8. The molecule has 8 unspecified atom stereocenters. The first-order valence-corrected chi connectivity index (χ1v) is 30.8. The zero-order valence-corrected chi connectivity index (χ0v) is 47.3. The minimum absolute atomic E-state index is 0.127. The third-order valence-corrected chi connectivity index (χ3v) is 14.5. The van der Waals surface area contributed by atoms with Crippen LogP contribution in [-0.4, -0.2) is 99.6 Å². The van der Waals surface area contributed by atoms with Crippen LogP contribution in [0.2, 0.25) is 0 Å². The van der Waals surface area contributed by atoms with E-state index in [4.69, 9.17) is 14.2 Å². The number of nitrogens with one attached hydrogen (secondary N) is 1. The molecule has 428 valence electrons. The number of carbonyl (C=O) groups excluding carboxylic acids is 2. The van der Waals surface area contributed by atoms with Crippen LogP contribution in [0.15, 0.2) is 36.5 Å². The second-order valence-electron chi connectivity index (χ2n) is 21.4. The third kappa shape index (κ3) is 39.0. The number of allylic oxidation sites excluding steroid dienone is 5. The molecule has 0 aliphatic carbocycles. The number of carbonyl (C=O) groups is 2. The minimum atomic E-state index is -1.61. The predicted octanol–water partition coefficient (Wildman–Crippen LogP) is 14.3. The van der Waals surface area contributed by atoms with Crippen LogP contribution in [0, 0.1) is 0 Å². The van der Waals surface area contributed by atoms with Gasteiger partial charge in [-0.2, -0.15) is 0 Å². The molecule has 6 N–H and O–H groups in total. The third-order valence-electron chi connectivity index (χ3n) is 14.5. The van der Waals surface area contributed by atoms with Crippen molar-refractivity contribution in [2.45, 2.75) is 333 Å². The number of aliphatic hydroxyl groups excluding tert-OH is 5. The van der Waals surface area contributed by atoms with Crippen LogP contribution in [0.5, 0.6) is 0 Å². The second-order valence-corrected chi connectivity index (χ2v) is 21.4. The van der Waals surface area contributed by atoms with E-state index in [0.29, 0.717) is 19.3 Å². The Bertz CT molecular complexity index is 1330. The van der Waals surface area contributed by atoms with Crippen LogP contribution in [0.3, 0.4) is 0 Å². The zero-order chi connectivity index (χ0) is 53.3. The van der Waals surface area contributed by atoms with Gasteiger partial charge in [-0.3, -0.25) is 9.59 Å². The second kappa shape index (κ2) is 50.7. The van der Waals surface area contributed by atoms with Crippen molar-refractivity contribution in [3.63, 3.8) is 0 Å². The van der Waals surface area contributed by atoms with Gasteiger partial charge in [0.15, 0.2) is 12.4 Å². The summed E-state index contributed by atoms with van der Waals surface area (Å²) in [5.41, 5.74) is 0. The van der Waals surface area contributed by atoms with Crippen molar-refractivity contribution in [1.82, 2.24) is 5.32 Å². The Morgan fingerprint density at radius 2 is 0.945 bits per heavy atom. The average molecular weight is 1030 g/mol. The van der Waals surface area contributed by atoms with Crippen LogP contribution < -0.4 is 5.32 Å². The van der Waals surface area contributed by atoms with E-state index in [1.807, 2.05) is 6.08 Å². The summed E-state index contributed by atoms with van der Waals surface area (Å²) < 4.78 is 17.6. The first-order chi connectivity index (χ1) is 35.7. The van der Waals surface area contributed by atoms with E-state index in [9.17, 15) is 35.1 Å². The molecule has 1 amide bonds. The van der Waals surface area contributed by atoms with Gasteiger partial charge in [0, 0.05) is 6.42 Å². The highest BCUT2D eigenvalue weighted by atomic mass is 16.7. The van der Waals surface area contributed by atoms with Gasteiger partial charge >= 0.3 is 5.97 Å². The van der Waals surface area contributed by atoms with Crippen LogP contribution in [-0.2, 0) is 23.8 Å². The molecule has 1 heterocycles. The topological polar surface area (TPSA) is 175 Å². The van der Waals surface area contributed by atoms with Crippen LogP contribution in [0.25, 0.3) is 0 Å². The summed E-state index contributed by atoms with van der Waals surface area (Å²) >= 11 is 0. The number of rotatable bonds is 52. The Morgan fingerprint density at radius 3 is 1.42 bits per heavy atom. The lowest BCUT2D eigenvalue weighted by atomic mass is 9.99. The van der Waals surface area contributed by atoms with Crippen molar-refractivity contribution in [1.29, 1.82) is 0 Å². The summed E-state index contributed by atoms with van der Waals surface area (Å²) in [6.45, 7) is 5.75. The largest absolute Gasteiger partial charge is 0.454 e. The molecule has 0 aromatic carbocycles. The van der Waals surface area contributed by atoms with Crippen molar-refractivity contribution in [3.8, 4) is 0 Å². The molecule has 1 aliphatic heterocycles. The normalized spacial score (nSPS) is 19.6. The SMILES string of the molecule is CCCCC/C=C\C/C=C\CCCCCCCCCCCCCCC(O)C(=O)NC(COC1OC(CO)C(O)C(O)C1OC(=O)CCCCCCCCCCCCC)C(O)/C=C/CCCCCCCCCCC. The monoisotopic (exact) mass is 1030 g/mol. The van der Waals surface area contributed by atoms with E-state index in [-0.39, 0.29) is 13.0 Å². The molecule has 1 aliphatic rings. The van der Waals surface area contributed by atoms with Crippen molar-refractivity contribution in [2.24, 2.45) is 0 Å². The molecular weight excluding hydrogens is 919 g/mol. The molecule has 8 atom stereocenters. The molecule has 1 fully saturated rings. The summed E-state index contributed by atoms with van der Waals surface area (Å²) in [4.78, 5) is 26.4. The molecular formula is C62H115NO10. The first kappa shape index (κ1) is 68.9. The lowest BCUT2D eigenvalue weighted by Gasteiger charge is -2.41. The number of unbranched alkanes of at least 4 members (excludes halogenated alkanes) is 34. The summed E-state index contributed by atoms with van der Waals surface area (Å²) in [7, 11) is 0. The molecule has 11 nitrogen and oxygen atoms in total. The standard InChI is InChI=1S/C62H115NO10/c1-4-7-10-13-16-19-22-23-24-25-26-27-28-29-30-31-32-35-37-40-43-46-49-55(66)61(70)63-53(54(65)48-45-42-39-36-33-20-17-14-11-8-5-2)52-71-62-60(59(69)58(68)56(51-64)72-62)73-57(67)50-47-44-41-38-34-21-18-15-12-9-6-3/h16,19,23-24,45,48,53-56,58-60,62,64-66,68-69H,4-15,17-18,20-22,25-44,46-47,49-52H2,1-3H3,(H,63,70)/b19-16-,24-23-,48-45+. The molecule has 11 heteroatoms. The van der Waals surface area contributed by atoms with Gasteiger partial charge in [-0.25, -0.2) is 0 Å². The summed E-state index contributed by atoms with van der Waals surface area (Å²) in [5, 5.41) is 56.8. The Hall–Kier alpha value is -2.12. The van der Waals surface area contributed by atoms with Crippen molar-refractivity contribution in [2.75, 3.05) is 13.2 Å². The number of esters is 1. The fraction of sp³-hybridized carbons (Fsp3) is 0.871. The van der Waals surface area contributed by atoms with Crippen LogP contribution in [0.4, 0.5) is 0 Å². The molecule has 73 heavy (non-hydrogen) atoms. The van der Waals surface area contributed by atoms with E-state index in [1.165, 1.54) is 173 Å². The number of hydrogen-bond acceptors (Lipinski definition) is 10. The lowest BCUT2D eigenvalue weighted by molar-refractivity contribution is -0.305. The Balaban J connectivity index is 2.62. The summed E-state index contributed by atoms with van der Waals surface area (Å²) in [6, 6.07) is -1.02. The van der Waals surface area contributed by atoms with Gasteiger partial charge in [0.2, 0.25) is 5.91 Å². The molecule has 1 rings (SSSR count). The zero-order valence-electron chi connectivity index (χ0n) is 47.3.